The summed E-state index contributed by atoms with van der Waals surface area (Å²) in [5.74, 6) is -0.981. The van der Waals surface area contributed by atoms with Crippen molar-refractivity contribution in [3.05, 3.63) is 51.3 Å². The van der Waals surface area contributed by atoms with Crippen LogP contribution in [0.4, 0.5) is 24.5 Å². The van der Waals surface area contributed by atoms with Crippen molar-refractivity contribution < 1.29 is 27.6 Å². The van der Waals surface area contributed by atoms with Gasteiger partial charge in [-0.1, -0.05) is 0 Å². The maximum absolute atomic E-state index is 13.1. The van der Waals surface area contributed by atoms with E-state index in [1.807, 2.05) is 0 Å². The van der Waals surface area contributed by atoms with Gasteiger partial charge in [-0.15, -0.1) is 0 Å². The van der Waals surface area contributed by atoms with Crippen molar-refractivity contribution >= 4 is 17.3 Å². The number of nitro benzene ring substituents is 1. The number of nitrogens with two attached hydrogens (primary N) is 1. The number of halogens is 3. The van der Waals surface area contributed by atoms with E-state index in [-0.39, 0.29) is 22.6 Å². The molecule has 2 N–H and O–H groups in total. The number of benzene rings is 1. The van der Waals surface area contributed by atoms with E-state index < -0.39 is 28.3 Å². The van der Waals surface area contributed by atoms with Crippen LogP contribution in [0.1, 0.15) is 21.6 Å². The van der Waals surface area contributed by atoms with Crippen molar-refractivity contribution in [1.29, 1.82) is 5.26 Å². The third kappa shape index (κ3) is 3.09. The second-order valence-electron chi connectivity index (χ2n) is 4.73. The molecule has 11 heteroatoms. The molecular formula is C14H9F3N4O4. The van der Waals surface area contributed by atoms with E-state index in [0.29, 0.717) is 12.1 Å². The number of nitro groups is 1. The number of esters is 1. The third-order valence-electron chi connectivity index (χ3n) is 3.30. The summed E-state index contributed by atoms with van der Waals surface area (Å²) in [4.78, 5) is 21.5. The van der Waals surface area contributed by atoms with E-state index in [4.69, 9.17) is 11.0 Å². The lowest BCUT2D eigenvalue weighted by molar-refractivity contribution is -0.388. The summed E-state index contributed by atoms with van der Waals surface area (Å²) in [5, 5.41) is 19.8. The zero-order valence-corrected chi connectivity index (χ0v) is 12.5. The molecule has 0 aliphatic carbocycles. The van der Waals surface area contributed by atoms with Gasteiger partial charge in [0.2, 0.25) is 0 Å². The Labute approximate surface area is 138 Å². The smallest absolute Gasteiger partial charge is 0.423 e. The van der Waals surface area contributed by atoms with Crippen LogP contribution in [-0.4, -0.2) is 22.6 Å². The van der Waals surface area contributed by atoms with Crippen LogP contribution in [0.3, 0.4) is 0 Å². The lowest BCUT2D eigenvalue weighted by Gasteiger charge is -2.12. The molecule has 0 bridgehead atoms. The maximum Gasteiger partial charge on any atom is 0.423 e. The van der Waals surface area contributed by atoms with E-state index in [1.165, 1.54) is 0 Å². The first-order valence-corrected chi connectivity index (χ1v) is 6.47. The molecule has 2 rings (SSSR count). The van der Waals surface area contributed by atoms with Gasteiger partial charge in [-0.05, 0) is 12.1 Å². The second kappa shape index (κ2) is 6.16. The molecular weight excluding hydrogens is 345 g/mol. The fraction of sp³-hybridized carbons (Fsp3) is 0.143. The van der Waals surface area contributed by atoms with Gasteiger partial charge in [-0.25, -0.2) is 4.79 Å². The van der Waals surface area contributed by atoms with Crippen molar-refractivity contribution in [2.75, 3.05) is 12.8 Å². The molecule has 1 aromatic carbocycles. The zero-order valence-electron chi connectivity index (χ0n) is 12.5. The van der Waals surface area contributed by atoms with Crippen LogP contribution in [0.5, 0.6) is 0 Å². The Morgan fingerprint density at radius 3 is 2.56 bits per heavy atom. The minimum atomic E-state index is -5.00. The molecule has 0 atom stereocenters. The molecule has 0 amide bonds. The standard InChI is InChI=1S/C14H9F3N4O4/c1-25-13(22)12-11(19)7(5-18)6-20(12)8-2-3-10(21(23)24)9(4-8)14(15,16)17/h2-4,6H,19H2,1H3. The van der Waals surface area contributed by atoms with E-state index in [0.717, 1.165) is 23.9 Å². The SMILES string of the molecule is COC(=O)c1c(N)c(C#N)cn1-c1ccc([N+](=O)[O-])c(C(F)(F)F)c1. The Kier molecular flexibility index (Phi) is 4.38. The van der Waals surface area contributed by atoms with Gasteiger partial charge in [0.15, 0.2) is 5.69 Å². The molecule has 0 radical (unpaired) electrons. The Bertz CT molecular complexity index is 912. The molecule has 8 nitrogen and oxygen atoms in total. The molecule has 2 aromatic rings. The minimum absolute atomic E-state index is 0.160. The molecule has 0 fully saturated rings. The van der Waals surface area contributed by atoms with Crippen LogP contribution in [-0.2, 0) is 10.9 Å². The van der Waals surface area contributed by atoms with Gasteiger partial charge in [-0.2, -0.15) is 18.4 Å². The fourth-order valence-corrected chi connectivity index (χ4v) is 2.18. The van der Waals surface area contributed by atoms with Gasteiger partial charge in [0, 0.05) is 18.0 Å². The fourth-order valence-electron chi connectivity index (χ4n) is 2.18. The number of carbonyl (C=O) groups excluding carboxylic acids is 1. The summed E-state index contributed by atoms with van der Waals surface area (Å²) < 4.78 is 44.7. The Morgan fingerprint density at radius 1 is 1.44 bits per heavy atom. The molecule has 0 saturated carbocycles. The van der Waals surface area contributed by atoms with Crippen molar-refractivity contribution in [3.8, 4) is 11.8 Å². The monoisotopic (exact) mass is 354 g/mol. The van der Waals surface area contributed by atoms with Crippen LogP contribution in [0.2, 0.25) is 0 Å². The predicted molar refractivity (Wildman–Crippen MR) is 77.9 cm³/mol. The summed E-state index contributed by atoms with van der Waals surface area (Å²) >= 11 is 0. The second-order valence-corrected chi connectivity index (χ2v) is 4.73. The first-order chi connectivity index (χ1) is 11.6. The average Bonchev–Trinajstić information content (AvgIpc) is 2.89. The Hall–Kier alpha value is -3.55. The number of nitrogens with zero attached hydrogens (tertiary/aromatic N) is 3. The lowest BCUT2D eigenvalue weighted by Crippen LogP contribution is -2.13. The van der Waals surface area contributed by atoms with Crippen molar-refractivity contribution in [3.63, 3.8) is 0 Å². The normalized spacial score (nSPS) is 11.0. The first kappa shape index (κ1) is 17.8. The number of hydrogen-bond acceptors (Lipinski definition) is 6. The van der Waals surface area contributed by atoms with Gasteiger partial charge in [0.1, 0.15) is 11.6 Å². The largest absolute Gasteiger partial charge is 0.464 e. The number of carbonyl (C=O) groups is 1. The summed E-state index contributed by atoms with van der Waals surface area (Å²) in [5.41, 5.74) is 1.97. The van der Waals surface area contributed by atoms with Crippen molar-refractivity contribution in [1.82, 2.24) is 4.57 Å². The Morgan fingerprint density at radius 2 is 2.08 bits per heavy atom. The molecule has 0 unspecified atom stereocenters. The topological polar surface area (TPSA) is 124 Å². The van der Waals surface area contributed by atoms with E-state index >= 15 is 0 Å². The molecule has 0 saturated heterocycles. The van der Waals surface area contributed by atoms with Crippen LogP contribution < -0.4 is 5.73 Å². The maximum atomic E-state index is 13.1. The molecule has 0 aliphatic rings. The highest BCUT2D eigenvalue weighted by molar-refractivity contribution is 5.96. The number of anilines is 1. The van der Waals surface area contributed by atoms with Crippen LogP contribution in [0, 0.1) is 21.4 Å². The van der Waals surface area contributed by atoms with Crippen LogP contribution in [0.15, 0.2) is 24.4 Å². The molecule has 130 valence electrons. The molecule has 1 heterocycles. The van der Waals surface area contributed by atoms with Gasteiger partial charge in [-0.3, -0.25) is 10.1 Å². The molecule has 0 spiro atoms. The third-order valence-corrected chi connectivity index (χ3v) is 3.30. The van der Waals surface area contributed by atoms with Crippen molar-refractivity contribution in [2.45, 2.75) is 6.18 Å². The number of aromatic nitrogens is 1. The molecule has 25 heavy (non-hydrogen) atoms. The first-order valence-electron chi connectivity index (χ1n) is 6.47. The number of hydrogen-bond donors (Lipinski definition) is 1. The van der Waals surface area contributed by atoms with Gasteiger partial charge >= 0.3 is 12.1 Å². The highest BCUT2D eigenvalue weighted by Crippen LogP contribution is 2.38. The van der Waals surface area contributed by atoms with E-state index in [9.17, 15) is 28.1 Å². The molecule has 0 aliphatic heterocycles. The Balaban J connectivity index is 2.78. The quantitative estimate of drug-likeness (QED) is 0.513. The molecule has 1 aromatic heterocycles. The highest BCUT2D eigenvalue weighted by Gasteiger charge is 2.39. The zero-order chi connectivity index (χ0) is 18.9. The summed E-state index contributed by atoms with van der Waals surface area (Å²) in [6.07, 6.45) is -3.95. The lowest BCUT2D eigenvalue weighted by atomic mass is 10.1. The van der Waals surface area contributed by atoms with Gasteiger partial charge < -0.3 is 15.0 Å². The highest BCUT2D eigenvalue weighted by atomic mass is 19.4. The average molecular weight is 354 g/mol. The number of nitrogen functional groups attached to an aromatic ring is 1. The van der Waals surface area contributed by atoms with Crippen LogP contribution in [0.25, 0.3) is 5.69 Å². The predicted octanol–water partition coefficient (Wildman–Crippen LogP) is 2.64. The summed E-state index contributed by atoms with van der Waals surface area (Å²) in [7, 11) is 1.03. The number of methoxy groups -OCH3 is 1. The summed E-state index contributed by atoms with van der Waals surface area (Å²) in [6.45, 7) is 0. The van der Waals surface area contributed by atoms with Gasteiger partial charge in [0.05, 0.1) is 23.3 Å². The van der Waals surface area contributed by atoms with E-state index in [1.54, 1.807) is 6.07 Å². The number of alkyl halides is 3. The van der Waals surface area contributed by atoms with E-state index in [2.05, 4.69) is 4.74 Å². The van der Waals surface area contributed by atoms with Crippen molar-refractivity contribution in [2.24, 2.45) is 0 Å². The van der Waals surface area contributed by atoms with Crippen LogP contribution >= 0.6 is 0 Å². The number of ether oxygens (including phenoxy) is 1. The van der Waals surface area contributed by atoms with Gasteiger partial charge in [0.25, 0.3) is 5.69 Å². The minimum Gasteiger partial charge on any atom is -0.464 e. The number of rotatable bonds is 3. The summed E-state index contributed by atoms with van der Waals surface area (Å²) in [6, 6.07) is 3.84. The number of nitriles is 1.